The molecule has 0 spiro atoms. The number of benzene rings is 2. The van der Waals surface area contributed by atoms with Crippen molar-refractivity contribution in [2.24, 2.45) is 0 Å². The molecule has 1 aliphatic carbocycles. The van der Waals surface area contributed by atoms with Crippen LogP contribution in [0.4, 0.5) is 0 Å². The van der Waals surface area contributed by atoms with Crippen molar-refractivity contribution in [3.05, 3.63) is 46.5 Å². The third-order valence-corrected chi connectivity index (χ3v) is 5.30. The largest absolute Gasteiger partial charge is 0.293 e. The number of aryl methyl sites for hydroxylation is 2. The van der Waals surface area contributed by atoms with E-state index >= 15 is 0 Å². The van der Waals surface area contributed by atoms with Crippen LogP contribution in [0.15, 0.2) is 24.3 Å². The first-order chi connectivity index (χ1) is 10.2. The number of hydrogen-bond donors (Lipinski definition) is 0. The van der Waals surface area contributed by atoms with Gasteiger partial charge in [-0.05, 0) is 65.1 Å². The van der Waals surface area contributed by atoms with Crippen LogP contribution in [-0.4, -0.2) is 11.1 Å². The molecule has 0 unspecified atom stereocenters. The van der Waals surface area contributed by atoms with Crippen molar-refractivity contribution in [2.45, 2.75) is 45.4 Å². The van der Waals surface area contributed by atoms with Crippen LogP contribution in [-0.2, 0) is 12.8 Å². The normalized spacial score (nSPS) is 17.8. The second-order valence-corrected chi connectivity index (χ2v) is 6.63. The summed E-state index contributed by atoms with van der Waals surface area (Å²) in [5, 5.41) is 3.03. The molecule has 0 saturated heterocycles. The molecule has 0 amide bonds. The van der Waals surface area contributed by atoms with E-state index in [0.717, 1.165) is 12.0 Å². The molecule has 2 aromatic carbocycles. The lowest BCUT2D eigenvalue weighted by atomic mass is 9.79. The van der Waals surface area contributed by atoms with Crippen molar-refractivity contribution in [1.29, 1.82) is 0 Å². The van der Waals surface area contributed by atoms with Crippen LogP contribution >= 0.6 is 15.9 Å². The average molecular weight is 345 g/mol. The molecule has 0 radical (unpaired) electrons. The maximum atomic E-state index is 12.0. The molecular formula is C19H21BrO. The highest BCUT2D eigenvalue weighted by Crippen LogP contribution is 2.38. The highest BCUT2D eigenvalue weighted by atomic mass is 79.9. The van der Waals surface area contributed by atoms with Crippen molar-refractivity contribution in [2.75, 3.05) is 5.33 Å². The van der Waals surface area contributed by atoms with Gasteiger partial charge in [-0.15, -0.1) is 0 Å². The summed E-state index contributed by atoms with van der Waals surface area (Å²) in [6.45, 7) is 4.54. The summed E-state index contributed by atoms with van der Waals surface area (Å²) in [7, 11) is 0. The van der Waals surface area contributed by atoms with Gasteiger partial charge in [0.05, 0.1) is 5.33 Å². The lowest BCUT2D eigenvalue weighted by Gasteiger charge is -2.25. The smallest absolute Gasteiger partial charge is 0.173 e. The van der Waals surface area contributed by atoms with E-state index in [2.05, 4.69) is 48.0 Å². The number of carbonyl (C=O) groups is 1. The van der Waals surface area contributed by atoms with Crippen LogP contribution in [0.3, 0.4) is 0 Å². The molecule has 0 aliphatic heterocycles. The molecule has 1 atom stereocenters. The maximum absolute atomic E-state index is 12.0. The number of fused-ring (bicyclic) bond motifs is 3. The van der Waals surface area contributed by atoms with Gasteiger partial charge in [-0.25, -0.2) is 0 Å². The number of halogens is 1. The molecule has 0 fully saturated rings. The highest BCUT2D eigenvalue weighted by molar-refractivity contribution is 9.09. The number of hydrogen-bond acceptors (Lipinski definition) is 1. The van der Waals surface area contributed by atoms with Gasteiger partial charge in [0.1, 0.15) is 0 Å². The third kappa shape index (κ3) is 2.55. The first kappa shape index (κ1) is 14.8. The van der Waals surface area contributed by atoms with Crippen molar-refractivity contribution >= 4 is 32.5 Å². The number of alkyl halides is 1. The zero-order chi connectivity index (χ0) is 15.0. The predicted octanol–water partition coefficient (Wildman–Crippen LogP) is 5.42. The summed E-state index contributed by atoms with van der Waals surface area (Å²) in [4.78, 5) is 12.0. The van der Waals surface area contributed by atoms with E-state index in [-0.39, 0.29) is 5.78 Å². The van der Waals surface area contributed by atoms with E-state index in [1.807, 2.05) is 6.07 Å². The predicted molar refractivity (Wildman–Crippen MR) is 92.8 cm³/mol. The second-order valence-electron chi connectivity index (χ2n) is 6.07. The van der Waals surface area contributed by atoms with E-state index in [9.17, 15) is 4.79 Å². The topological polar surface area (TPSA) is 17.1 Å². The monoisotopic (exact) mass is 344 g/mol. The van der Waals surface area contributed by atoms with Crippen LogP contribution in [0, 0.1) is 0 Å². The molecule has 1 nitrogen and oxygen atoms in total. The molecule has 0 saturated carbocycles. The van der Waals surface area contributed by atoms with Gasteiger partial charge < -0.3 is 0 Å². The summed E-state index contributed by atoms with van der Waals surface area (Å²) in [6, 6.07) is 8.65. The minimum Gasteiger partial charge on any atom is -0.293 e. The van der Waals surface area contributed by atoms with Crippen molar-refractivity contribution < 1.29 is 4.79 Å². The van der Waals surface area contributed by atoms with E-state index in [4.69, 9.17) is 0 Å². The Morgan fingerprint density at radius 2 is 2.10 bits per heavy atom. The Morgan fingerprint density at radius 1 is 1.29 bits per heavy atom. The summed E-state index contributed by atoms with van der Waals surface area (Å²) in [6.07, 6.45) is 4.76. The molecule has 2 heteroatoms. The van der Waals surface area contributed by atoms with Crippen LogP contribution in [0.1, 0.15) is 59.7 Å². The number of rotatable bonds is 3. The fourth-order valence-electron chi connectivity index (χ4n) is 3.58. The summed E-state index contributed by atoms with van der Waals surface area (Å²) in [5.41, 5.74) is 5.24. The molecule has 3 rings (SSSR count). The maximum Gasteiger partial charge on any atom is 0.173 e. The Hall–Kier alpha value is -1.15. The molecule has 1 aliphatic rings. The van der Waals surface area contributed by atoms with E-state index in [1.54, 1.807) is 0 Å². The van der Waals surface area contributed by atoms with Crippen molar-refractivity contribution in [3.63, 3.8) is 0 Å². The summed E-state index contributed by atoms with van der Waals surface area (Å²) in [5.74, 6) is 0.817. The van der Waals surface area contributed by atoms with E-state index in [0.29, 0.717) is 11.2 Å². The van der Waals surface area contributed by atoms with Crippen LogP contribution in [0.2, 0.25) is 0 Å². The van der Waals surface area contributed by atoms with Gasteiger partial charge in [0.25, 0.3) is 0 Å². The first-order valence-corrected chi connectivity index (χ1v) is 8.95. The van der Waals surface area contributed by atoms with Gasteiger partial charge in [0.15, 0.2) is 5.78 Å². The van der Waals surface area contributed by atoms with Gasteiger partial charge in [-0.3, -0.25) is 4.79 Å². The van der Waals surface area contributed by atoms with Gasteiger partial charge >= 0.3 is 0 Å². The molecule has 0 N–H and O–H groups in total. The minimum absolute atomic E-state index is 0.157. The van der Waals surface area contributed by atoms with Gasteiger partial charge in [0, 0.05) is 5.56 Å². The molecular weight excluding hydrogens is 324 g/mol. The molecule has 21 heavy (non-hydrogen) atoms. The zero-order valence-corrected chi connectivity index (χ0v) is 14.3. The lowest BCUT2D eigenvalue weighted by molar-refractivity contribution is 0.102. The molecule has 0 bridgehead atoms. The fraction of sp³-hybridized carbons (Fsp3) is 0.421. The zero-order valence-electron chi connectivity index (χ0n) is 12.7. The number of Topliss-reactive ketones (excluding diaryl/α,β-unsaturated/α-hetero) is 1. The van der Waals surface area contributed by atoms with Crippen molar-refractivity contribution in [1.82, 2.24) is 0 Å². The van der Waals surface area contributed by atoms with Crippen molar-refractivity contribution in [3.8, 4) is 0 Å². The minimum atomic E-state index is 0.157. The molecule has 0 heterocycles. The average Bonchev–Trinajstić information content (AvgIpc) is 2.53. The lowest BCUT2D eigenvalue weighted by Crippen LogP contribution is -2.09. The molecule has 0 aromatic heterocycles. The van der Waals surface area contributed by atoms with Crippen LogP contribution in [0.5, 0.6) is 0 Å². The Bertz CT molecular complexity index is 702. The third-order valence-electron chi connectivity index (χ3n) is 4.79. The number of ketones is 1. The first-order valence-electron chi connectivity index (χ1n) is 7.83. The van der Waals surface area contributed by atoms with Gasteiger partial charge in [0.2, 0.25) is 0 Å². The molecule has 110 valence electrons. The summed E-state index contributed by atoms with van der Waals surface area (Å²) < 4.78 is 0. The quantitative estimate of drug-likeness (QED) is 0.536. The van der Waals surface area contributed by atoms with Gasteiger partial charge in [-0.1, -0.05) is 48.0 Å². The van der Waals surface area contributed by atoms with Gasteiger partial charge in [-0.2, -0.15) is 0 Å². The van der Waals surface area contributed by atoms with Crippen LogP contribution < -0.4 is 0 Å². The standard InChI is InChI=1S/C19H21BrO/c1-3-13-9-17-12(2)5-4-6-15(17)16-8-7-14(10-18(13)16)19(21)11-20/h7-10,12H,3-6,11H2,1-2H3/t12-/m1/s1. The Balaban J connectivity index is 2.27. The SMILES string of the molecule is CCc1cc2c(c3ccc(C(=O)CBr)cc13)CCC[C@H]2C. The Morgan fingerprint density at radius 3 is 2.81 bits per heavy atom. The van der Waals surface area contributed by atoms with E-state index < -0.39 is 0 Å². The fourth-order valence-corrected chi connectivity index (χ4v) is 3.91. The Labute approximate surface area is 134 Å². The van der Waals surface area contributed by atoms with E-state index in [1.165, 1.54) is 46.7 Å². The van der Waals surface area contributed by atoms with Crippen LogP contribution in [0.25, 0.3) is 10.8 Å². The number of carbonyl (C=O) groups excluding carboxylic acids is 1. The highest BCUT2D eigenvalue weighted by Gasteiger charge is 2.20. The second kappa shape index (κ2) is 5.92. The molecule has 2 aromatic rings. The summed E-state index contributed by atoms with van der Waals surface area (Å²) >= 11 is 3.27. The Kier molecular flexibility index (Phi) is 4.17.